The molecule has 1 saturated heterocycles. The molecule has 1 aromatic rings. The van der Waals surface area contributed by atoms with Gasteiger partial charge in [0.1, 0.15) is 10.6 Å². The second-order valence-electron chi connectivity index (χ2n) is 6.87. The lowest BCUT2D eigenvalue weighted by molar-refractivity contribution is 0.0602. The molecule has 1 aliphatic heterocycles. The third kappa shape index (κ3) is 5.09. The lowest BCUT2D eigenvalue weighted by Crippen LogP contribution is -2.37. The lowest BCUT2D eigenvalue weighted by atomic mass is 10.1. The molecule has 25 heavy (non-hydrogen) atoms. The first-order valence-electron chi connectivity index (χ1n) is 8.22. The number of nitrogens with zero attached hydrogens (tertiary/aromatic N) is 1. The molecule has 7 nitrogen and oxygen atoms in total. The predicted molar refractivity (Wildman–Crippen MR) is 97.8 cm³/mol. The van der Waals surface area contributed by atoms with Gasteiger partial charge >= 0.3 is 12.1 Å². The van der Waals surface area contributed by atoms with Crippen LogP contribution in [-0.4, -0.2) is 51.1 Å². The minimum absolute atomic E-state index is 0.249. The van der Waals surface area contributed by atoms with Gasteiger partial charge in [0.2, 0.25) is 0 Å². The zero-order chi connectivity index (χ0) is 18.6. The topological polar surface area (TPSA) is 77.1 Å². The highest BCUT2D eigenvalue weighted by Crippen LogP contribution is 2.39. The number of amides is 1. The van der Waals surface area contributed by atoms with E-state index in [0.717, 1.165) is 30.9 Å². The Kier molecular flexibility index (Phi) is 6.29. The van der Waals surface area contributed by atoms with Crippen molar-refractivity contribution in [2.45, 2.75) is 45.3 Å². The maximum absolute atomic E-state index is 12.2. The Balaban J connectivity index is 2.23. The Morgan fingerprint density at radius 3 is 2.40 bits per heavy atom. The number of thiophene rings is 1. The number of carbonyl (C=O) groups is 2. The summed E-state index contributed by atoms with van der Waals surface area (Å²) in [5.41, 5.74) is 0.159. The van der Waals surface area contributed by atoms with E-state index in [0.29, 0.717) is 11.3 Å². The summed E-state index contributed by atoms with van der Waals surface area (Å²) in [5, 5.41) is 5.27. The van der Waals surface area contributed by atoms with E-state index < -0.39 is 17.7 Å². The van der Waals surface area contributed by atoms with Crippen LogP contribution in [-0.2, 0) is 14.2 Å². The van der Waals surface area contributed by atoms with Gasteiger partial charge in [-0.05, 0) is 33.6 Å². The van der Waals surface area contributed by atoms with Gasteiger partial charge in [-0.3, -0.25) is 5.32 Å². The van der Waals surface area contributed by atoms with Crippen LogP contribution >= 0.6 is 11.3 Å². The van der Waals surface area contributed by atoms with Gasteiger partial charge in [0.25, 0.3) is 0 Å². The van der Waals surface area contributed by atoms with E-state index in [-0.39, 0.29) is 6.10 Å². The maximum atomic E-state index is 12.2. The van der Waals surface area contributed by atoms with Crippen LogP contribution in [0.25, 0.3) is 0 Å². The number of methoxy groups -OCH3 is 2. The van der Waals surface area contributed by atoms with Crippen molar-refractivity contribution < 1.29 is 23.8 Å². The highest BCUT2D eigenvalue weighted by atomic mass is 32.1. The Bertz CT molecular complexity index is 615. The molecule has 0 radical (unpaired) electrons. The number of piperidine rings is 1. The fourth-order valence-corrected chi connectivity index (χ4v) is 3.72. The van der Waals surface area contributed by atoms with E-state index in [1.54, 1.807) is 33.3 Å². The Morgan fingerprint density at radius 1 is 1.24 bits per heavy atom. The Morgan fingerprint density at radius 2 is 1.88 bits per heavy atom. The summed E-state index contributed by atoms with van der Waals surface area (Å²) in [6.07, 6.45) is 1.45. The van der Waals surface area contributed by atoms with Gasteiger partial charge in [0.05, 0.1) is 24.5 Å². The van der Waals surface area contributed by atoms with Gasteiger partial charge in [-0.2, -0.15) is 0 Å². The number of esters is 1. The molecule has 140 valence electrons. The molecule has 0 unspecified atom stereocenters. The van der Waals surface area contributed by atoms with Crippen LogP contribution in [0, 0.1) is 0 Å². The first kappa shape index (κ1) is 19.5. The van der Waals surface area contributed by atoms with Crippen LogP contribution in [0.4, 0.5) is 15.5 Å². The average Bonchev–Trinajstić information content (AvgIpc) is 2.95. The fourth-order valence-electron chi connectivity index (χ4n) is 2.66. The van der Waals surface area contributed by atoms with E-state index in [1.807, 2.05) is 0 Å². The molecular weight excluding hydrogens is 344 g/mol. The third-order valence-corrected chi connectivity index (χ3v) is 4.90. The van der Waals surface area contributed by atoms with E-state index in [9.17, 15) is 9.59 Å². The summed E-state index contributed by atoms with van der Waals surface area (Å²) in [6, 6.07) is 0. The van der Waals surface area contributed by atoms with E-state index >= 15 is 0 Å². The normalized spacial score (nSPS) is 15.8. The Hall–Kier alpha value is -1.80. The predicted octanol–water partition coefficient (Wildman–Crippen LogP) is 3.50. The maximum Gasteiger partial charge on any atom is 0.412 e. The monoisotopic (exact) mass is 370 g/mol. The van der Waals surface area contributed by atoms with Crippen LogP contribution in [0.15, 0.2) is 5.38 Å². The molecule has 0 spiro atoms. The van der Waals surface area contributed by atoms with Crippen molar-refractivity contribution in [3.63, 3.8) is 0 Å². The van der Waals surface area contributed by atoms with Gasteiger partial charge in [0.15, 0.2) is 0 Å². The van der Waals surface area contributed by atoms with Crippen molar-refractivity contribution >= 4 is 34.1 Å². The largest absolute Gasteiger partial charge is 0.465 e. The zero-order valence-electron chi connectivity index (χ0n) is 15.4. The Labute approximate surface area is 152 Å². The van der Waals surface area contributed by atoms with Crippen molar-refractivity contribution in [2.75, 3.05) is 37.5 Å². The summed E-state index contributed by atoms with van der Waals surface area (Å²) in [5.74, 6) is -0.486. The quantitative estimate of drug-likeness (QED) is 0.818. The number of anilines is 2. The SMILES string of the molecule is COC(=O)c1csc(N2CCC(OC)CC2)c1NC(=O)OC(C)(C)C. The molecule has 0 saturated carbocycles. The standard InChI is InChI=1S/C17H26N2O5S/c1-17(2,3)24-16(21)18-13-12(15(20)23-5)10-25-14(13)19-8-6-11(22-4)7-9-19/h10-11H,6-9H2,1-5H3,(H,18,21). The number of ether oxygens (including phenoxy) is 3. The van der Waals surface area contributed by atoms with Gasteiger partial charge < -0.3 is 19.1 Å². The molecule has 0 atom stereocenters. The summed E-state index contributed by atoms with van der Waals surface area (Å²) in [4.78, 5) is 26.4. The second-order valence-corrected chi connectivity index (χ2v) is 7.73. The van der Waals surface area contributed by atoms with Gasteiger partial charge in [-0.15, -0.1) is 11.3 Å². The van der Waals surface area contributed by atoms with Crippen LogP contribution in [0.2, 0.25) is 0 Å². The number of hydrogen-bond acceptors (Lipinski definition) is 7. The lowest BCUT2D eigenvalue weighted by Gasteiger charge is -2.32. The molecule has 1 aliphatic rings. The molecule has 1 N–H and O–H groups in total. The number of rotatable bonds is 4. The average molecular weight is 370 g/mol. The summed E-state index contributed by atoms with van der Waals surface area (Å²) in [6.45, 7) is 6.96. The highest BCUT2D eigenvalue weighted by molar-refractivity contribution is 7.15. The second kappa shape index (κ2) is 8.05. The number of hydrogen-bond donors (Lipinski definition) is 1. The van der Waals surface area contributed by atoms with Crippen molar-refractivity contribution in [2.24, 2.45) is 0 Å². The molecular formula is C17H26N2O5S. The van der Waals surface area contributed by atoms with Crippen molar-refractivity contribution in [1.82, 2.24) is 0 Å². The minimum atomic E-state index is -0.623. The molecule has 1 amide bonds. The number of nitrogens with one attached hydrogen (secondary N) is 1. The first-order chi connectivity index (χ1) is 11.7. The molecule has 1 fully saturated rings. The molecule has 2 heterocycles. The first-order valence-corrected chi connectivity index (χ1v) is 9.10. The third-order valence-electron chi connectivity index (χ3n) is 3.87. The van der Waals surface area contributed by atoms with Gasteiger partial charge in [-0.25, -0.2) is 9.59 Å². The number of carbonyl (C=O) groups excluding carboxylic acids is 2. The van der Waals surface area contributed by atoms with Crippen LogP contribution < -0.4 is 10.2 Å². The zero-order valence-corrected chi connectivity index (χ0v) is 16.2. The van der Waals surface area contributed by atoms with Crippen molar-refractivity contribution in [1.29, 1.82) is 0 Å². The summed E-state index contributed by atoms with van der Waals surface area (Å²) >= 11 is 1.41. The molecule has 0 aliphatic carbocycles. The highest BCUT2D eigenvalue weighted by Gasteiger charge is 2.28. The van der Waals surface area contributed by atoms with Crippen molar-refractivity contribution in [3.8, 4) is 0 Å². The van der Waals surface area contributed by atoms with E-state index in [4.69, 9.17) is 14.2 Å². The van der Waals surface area contributed by atoms with Crippen LogP contribution in [0.5, 0.6) is 0 Å². The summed E-state index contributed by atoms with van der Waals surface area (Å²) < 4.78 is 15.6. The van der Waals surface area contributed by atoms with Gasteiger partial charge in [-0.1, -0.05) is 0 Å². The summed E-state index contributed by atoms with van der Waals surface area (Å²) in [7, 11) is 3.04. The molecule has 8 heteroatoms. The minimum Gasteiger partial charge on any atom is -0.465 e. The fraction of sp³-hybridized carbons (Fsp3) is 0.647. The van der Waals surface area contributed by atoms with Gasteiger partial charge in [0, 0.05) is 25.6 Å². The molecule has 2 rings (SSSR count). The van der Waals surface area contributed by atoms with E-state index in [2.05, 4.69) is 10.2 Å². The van der Waals surface area contributed by atoms with Crippen LogP contribution in [0.1, 0.15) is 44.0 Å². The molecule has 0 aromatic carbocycles. The molecule has 1 aromatic heterocycles. The van der Waals surface area contributed by atoms with E-state index in [1.165, 1.54) is 18.4 Å². The molecule has 0 bridgehead atoms. The van der Waals surface area contributed by atoms with Crippen LogP contribution in [0.3, 0.4) is 0 Å². The smallest absolute Gasteiger partial charge is 0.412 e. The van der Waals surface area contributed by atoms with Crippen molar-refractivity contribution in [3.05, 3.63) is 10.9 Å².